The predicted molar refractivity (Wildman–Crippen MR) is 116 cm³/mol. The van der Waals surface area contributed by atoms with Gasteiger partial charge in [0.1, 0.15) is 29.2 Å². The third kappa shape index (κ3) is 3.56. The number of nitrogens with one attached hydrogen (secondary N) is 1. The first-order valence-electron chi connectivity index (χ1n) is 10.2. The van der Waals surface area contributed by atoms with Gasteiger partial charge in [0, 0.05) is 23.1 Å². The van der Waals surface area contributed by atoms with E-state index < -0.39 is 12.1 Å². The van der Waals surface area contributed by atoms with E-state index in [1.54, 1.807) is 54.5 Å². The van der Waals surface area contributed by atoms with Crippen LogP contribution in [0.1, 0.15) is 22.9 Å². The summed E-state index contributed by atoms with van der Waals surface area (Å²) in [6.07, 6.45) is 0.0519. The maximum absolute atomic E-state index is 13.8. The van der Waals surface area contributed by atoms with E-state index in [4.69, 9.17) is 9.47 Å². The third-order valence-electron chi connectivity index (χ3n) is 5.77. The normalized spacial score (nSPS) is 15.5. The smallest absolute Gasteiger partial charge is 0.416 e. The molecule has 7 heteroatoms. The van der Waals surface area contributed by atoms with E-state index >= 15 is 0 Å². The summed E-state index contributed by atoms with van der Waals surface area (Å²) in [7, 11) is 1.56. The number of carbonyl (C=O) groups excluding carboxylic acids is 1. The van der Waals surface area contributed by atoms with Crippen molar-refractivity contribution in [1.82, 2.24) is 9.88 Å². The summed E-state index contributed by atoms with van der Waals surface area (Å²) < 4.78 is 38.2. The lowest BCUT2D eigenvalue weighted by Gasteiger charge is -2.35. The first-order chi connectivity index (χ1) is 15.5. The van der Waals surface area contributed by atoms with Gasteiger partial charge in [-0.25, -0.2) is 13.6 Å². The molecule has 5 rings (SSSR count). The molecule has 1 N–H and O–H groups in total. The van der Waals surface area contributed by atoms with Crippen LogP contribution in [0, 0.1) is 11.6 Å². The van der Waals surface area contributed by atoms with E-state index in [2.05, 4.69) is 4.98 Å². The van der Waals surface area contributed by atoms with Crippen molar-refractivity contribution in [2.45, 2.75) is 12.5 Å². The highest BCUT2D eigenvalue weighted by Crippen LogP contribution is 2.39. The van der Waals surface area contributed by atoms with Crippen LogP contribution < -0.4 is 9.47 Å². The SMILES string of the molecule is COc1ccc(OC(=O)N2CCc3c([nH]c4cc(F)ccc34)C2c2ccc(F)cc2)cc1. The van der Waals surface area contributed by atoms with Gasteiger partial charge in [0.05, 0.1) is 7.11 Å². The van der Waals surface area contributed by atoms with Gasteiger partial charge in [-0.1, -0.05) is 12.1 Å². The number of hydrogen-bond donors (Lipinski definition) is 1. The van der Waals surface area contributed by atoms with Gasteiger partial charge in [-0.2, -0.15) is 0 Å². The van der Waals surface area contributed by atoms with Gasteiger partial charge in [0.15, 0.2) is 0 Å². The quantitative estimate of drug-likeness (QED) is 0.457. The summed E-state index contributed by atoms with van der Waals surface area (Å²) in [6, 6.07) is 16.8. The second-order valence-electron chi connectivity index (χ2n) is 7.65. The van der Waals surface area contributed by atoms with Crippen molar-refractivity contribution in [3.05, 3.63) is 95.2 Å². The van der Waals surface area contributed by atoms with E-state index in [1.807, 2.05) is 0 Å². The fraction of sp³-hybridized carbons (Fsp3) is 0.160. The molecule has 2 heterocycles. The highest BCUT2D eigenvalue weighted by atomic mass is 19.1. The molecule has 0 aliphatic carbocycles. The highest BCUT2D eigenvalue weighted by molar-refractivity contribution is 5.86. The maximum atomic E-state index is 13.8. The number of halogens is 2. The van der Waals surface area contributed by atoms with E-state index in [-0.39, 0.29) is 11.6 Å². The van der Waals surface area contributed by atoms with Gasteiger partial charge in [0.25, 0.3) is 0 Å². The molecule has 0 saturated carbocycles. The van der Waals surface area contributed by atoms with Crippen LogP contribution in [0.5, 0.6) is 11.5 Å². The molecule has 0 bridgehead atoms. The van der Waals surface area contributed by atoms with E-state index in [0.717, 1.165) is 22.2 Å². The van der Waals surface area contributed by atoms with Gasteiger partial charge < -0.3 is 14.5 Å². The molecule has 0 radical (unpaired) electrons. The summed E-state index contributed by atoms with van der Waals surface area (Å²) in [5.41, 5.74) is 3.18. The molecule has 1 unspecified atom stereocenters. The Bertz CT molecular complexity index is 1280. The Morgan fingerprint density at radius 3 is 2.38 bits per heavy atom. The second kappa shape index (κ2) is 8.00. The number of rotatable bonds is 3. The standard InChI is InChI=1S/C25H20F2N2O3/c1-31-18-7-9-19(10-8-18)32-25(30)29-13-12-21-20-11-6-17(27)14-22(20)28-23(21)24(29)15-2-4-16(26)5-3-15/h2-11,14,24,28H,12-13H2,1H3. The van der Waals surface area contributed by atoms with Crippen molar-refractivity contribution in [2.75, 3.05) is 13.7 Å². The van der Waals surface area contributed by atoms with Crippen LogP contribution in [-0.4, -0.2) is 29.6 Å². The molecule has 162 valence electrons. The zero-order valence-electron chi connectivity index (χ0n) is 17.3. The molecule has 32 heavy (non-hydrogen) atoms. The molecule has 4 aromatic rings. The number of ether oxygens (including phenoxy) is 2. The number of H-pyrrole nitrogens is 1. The Kier molecular flexibility index (Phi) is 5.01. The fourth-order valence-electron chi connectivity index (χ4n) is 4.26. The molecule has 1 atom stereocenters. The average Bonchev–Trinajstić information content (AvgIpc) is 3.17. The topological polar surface area (TPSA) is 54.6 Å². The number of hydrogen-bond acceptors (Lipinski definition) is 3. The average molecular weight is 434 g/mol. The van der Waals surface area contributed by atoms with Crippen molar-refractivity contribution in [2.24, 2.45) is 0 Å². The van der Waals surface area contributed by atoms with Crippen LogP contribution in [0.25, 0.3) is 10.9 Å². The predicted octanol–water partition coefficient (Wildman–Crippen LogP) is 5.60. The Morgan fingerprint density at radius 2 is 1.66 bits per heavy atom. The Morgan fingerprint density at radius 1 is 0.969 bits per heavy atom. The molecule has 1 aliphatic heterocycles. The molecule has 5 nitrogen and oxygen atoms in total. The van der Waals surface area contributed by atoms with Gasteiger partial charge in [-0.05, 0) is 72.1 Å². The zero-order valence-corrected chi connectivity index (χ0v) is 17.3. The first kappa shape index (κ1) is 20.1. The summed E-state index contributed by atoms with van der Waals surface area (Å²) >= 11 is 0. The number of carbonyl (C=O) groups is 1. The number of aromatic nitrogens is 1. The van der Waals surface area contributed by atoms with Crippen LogP contribution in [-0.2, 0) is 6.42 Å². The Hall–Kier alpha value is -3.87. The lowest BCUT2D eigenvalue weighted by molar-refractivity contribution is 0.135. The minimum absolute atomic E-state index is 0.342. The minimum Gasteiger partial charge on any atom is -0.497 e. The Balaban J connectivity index is 1.55. The van der Waals surface area contributed by atoms with Crippen LogP contribution in [0.15, 0.2) is 66.7 Å². The highest BCUT2D eigenvalue weighted by Gasteiger charge is 2.35. The number of benzene rings is 3. The van der Waals surface area contributed by atoms with Crippen LogP contribution >= 0.6 is 0 Å². The lowest BCUT2D eigenvalue weighted by atomic mass is 9.92. The summed E-state index contributed by atoms with van der Waals surface area (Å²) in [5, 5.41) is 0.914. The number of fused-ring (bicyclic) bond motifs is 3. The summed E-state index contributed by atoms with van der Waals surface area (Å²) in [6.45, 7) is 0.397. The van der Waals surface area contributed by atoms with Crippen LogP contribution in [0.2, 0.25) is 0 Å². The molecule has 0 fully saturated rings. The Labute approximate surface area is 183 Å². The zero-order chi connectivity index (χ0) is 22.2. The van der Waals surface area contributed by atoms with Crippen molar-refractivity contribution < 1.29 is 23.0 Å². The first-order valence-corrected chi connectivity index (χ1v) is 10.2. The van der Waals surface area contributed by atoms with Gasteiger partial charge in [0.2, 0.25) is 0 Å². The van der Waals surface area contributed by atoms with Gasteiger partial charge in [-0.3, -0.25) is 4.90 Å². The van der Waals surface area contributed by atoms with Crippen molar-refractivity contribution in [1.29, 1.82) is 0 Å². The summed E-state index contributed by atoms with van der Waals surface area (Å²) in [4.78, 5) is 18.1. The van der Waals surface area contributed by atoms with Gasteiger partial charge in [-0.15, -0.1) is 0 Å². The second-order valence-corrected chi connectivity index (χ2v) is 7.65. The summed E-state index contributed by atoms with van der Waals surface area (Å²) in [5.74, 6) is 0.334. The van der Waals surface area contributed by atoms with Crippen LogP contribution in [0.4, 0.5) is 13.6 Å². The van der Waals surface area contributed by atoms with E-state index in [0.29, 0.717) is 30.0 Å². The number of aromatic amines is 1. The molecule has 0 spiro atoms. The van der Waals surface area contributed by atoms with Gasteiger partial charge >= 0.3 is 6.09 Å². The third-order valence-corrected chi connectivity index (χ3v) is 5.77. The molecule has 1 amide bonds. The monoisotopic (exact) mass is 434 g/mol. The molecular formula is C25H20F2N2O3. The fourth-order valence-corrected chi connectivity index (χ4v) is 4.26. The maximum Gasteiger partial charge on any atom is 0.416 e. The molecular weight excluding hydrogens is 414 g/mol. The van der Waals surface area contributed by atoms with Crippen LogP contribution in [0.3, 0.4) is 0 Å². The van der Waals surface area contributed by atoms with Crippen molar-refractivity contribution in [3.63, 3.8) is 0 Å². The molecule has 3 aromatic carbocycles. The number of nitrogens with zero attached hydrogens (tertiary/aromatic N) is 1. The lowest BCUT2D eigenvalue weighted by Crippen LogP contribution is -2.42. The molecule has 0 saturated heterocycles. The van der Waals surface area contributed by atoms with Crippen molar-refractivity contribution in [3.8, 4) is 11.5 Å². The molecule has 1 aromatic heterocycles. The van der Waals surface area contributed by atoms with Crippen molar-refractivity contribution >= 4 is 17.0 Å². The largest absolute Gasteiger partial charge is 0.497 e. The minimum atomic E-state index is -0.528. The number of methoxy groups -OCH3 is 1. The van der Waals surface area contributed by atoms with E-state index in [1.165, 1.54) is 24.3 Å². The number of amides is 1. The van der Waals surface area contributed by atoms with E-state index in [9.17, 15) is 13.6 Å². The molecule has 1 aliphatic rings.